The maximum Gasteiger partial charge on any atom is 0.209 e. The molecule has 0 bridgehead atoms. The van der Waals surface area contributed by atoms with E-state index in [9.17, 15) is 4.57 Å². The van der Waals surface area contributed by atoms with Crippen LogP contribution in [0.5, 0.6) is 0 Å². The van der Waals surface area contributed by atoms with Crippen LogP contribution in [0.3, 0.4) is 0 Å². The first kappa shape index (κ1) is 13.1. The van der Waals surface area contributed by atoms with Gasteiger partial charge in [-0.1, -0.05) is 30.3 Å². The van der Waals surface area contributed by atoms with Gasteiger partial charge in [-0.3, -0.25) is 4.57 Å². The first-order valence-corrected chi connectivity index (χ1v) is 9.22. The van der Waals surface area contributed by atoms with Crippen molar-refractivity contribution in [2.45, 2.75) is 18.9 Å². The molecule has 1 N–H and O–H groups in total. The van der Waals surface area contributed by atoms with Gasteiger partial charge in [0.1, 0.15) is 0 Å². The predicted molar refractivity (Wildman–Crippen MR) is 88.0 cm³/mol. The summed E-state index contributed by atoms with van der Waals surface area (Å²) in [6, 6.07) is 18.4. The van der Waals surface area contributed by atoms with E-state index in [1.807, 2.05) is 54.6 Å². The van der Waals surface area contributed by atoms with Gasteiger partial charge >= 0.3 is 0 Å². The van der Waals surface area contributed by atoms with Gasteiger partial charge in [0.25, 0.3) is 0 Å². The molecule has 4 heteroatoms. The second kappa shape index (κ2) is 5.01. The molecule has 2 atom stereocenters. The van der Waals surface area contributed by atoms with Gasteiger partial charge < -0.3 is 5.32 Å². The molecular formula is C17H19N2OP. The van der Waals surface area contributed by atoms with Gasteiger partial charge in [-0.15, -0.1) is 0 Å². The molecule has 1 fully saturated rings. The van der Waals surface area contributed by atoms with Gasteiger partial charge in [0.05, 0.1) is 5.30 Å². The van der Waals surface area contributed by atoms with E-state index in [4.69, 9.17) is 0 Å². The number of hydrogen-bond donors (Lipinski definition) is 1. The highest BCUT2D eigenvalue weighted by molar-refractivity contribution is 7.77. The van der Waals surface area contributed by atoms with E-state index < -0.39 is 7.29 Å². The topological polar surface area (TPSA) is 32.3 Å². The number of hydrogen-bond acceptors (Lipinski definition) is 2. The Morgan fingerprint density at radius 3 is 2.67 bits per heavy atom. The molecule has 21 heavy (non-hydrogen) atoms. The van der Waals surface area contributed by atoms with Crippen LogP contribution in [0.1, 0.15) is 12.8 Å². The molecule has 0 aliphatic carbocycles. The van der Waals surface area contributed by atoms with Crippen LogP contribution < -0.4 is 15.9 Å². The van der Waals surface area contributed by atoms with Crippen molar-refractivity contribution in [3.63, 3.8) is 0 Å². The van der Waals surface area contributed by atoms with Crippen LogP contribution in [-0.4, -0.2) is 23.8 Å². The first-order valence-electron chi connectivity index (χ1n) is 7.56. The molecule has 2 aromatic rings. The zero-order valence-electron chi connectivity index (χ0n) is 11.9. The van der Waals surface area contributed by atoms with Crippen LogP contribution in [0, 0.1) is 0 Å². The van der Waals surface area contributed by atoms with E-state index in [2.05, 4.69) is 9.99 Å². The Kier molecular flexibility index (Phi) is 3.13. The Hall–Kier alpha value is -1.57. The summed E-state index contributed by atoms with van der Waals surface area (Å²) in [5, 5.41) is 5.42. The third-order valence-electron chi connectivity index (χ3n) is 4.57. The molecule has 1 saturated heterocycles. The van der Waals surface area contributed by atoms with Crippen LogP contribution in [0.15, 0.2) is 54.6 Å². The number of fused-ring (bicyclic) bond motifs is 2. The minimum absolute atomic E-state index is 0.364. The maximum absolute atomic E-state index is 14.2. The van der Waals surface area contributed by atoms with Crippen molar-refractivity contribution in [3.8, 4) is 0 Å². The summed E-state index contributed by atoms with van der Waals surface area (Å²) >= 11 is 0. The smallest absolute Gasteiger partial charge is 0.209 e. The Bertz CT molecular complexity index is 701. The van der Waals surface area contributed by atoms with Crippen LogP contribution >= 0.6 is 7.29 Å². The molecule has 0 unspecified atom stereocenters. The minimum Gasteiger partial charge on any atom is -0.383 e. The van der Waals surface area contributed by atoms with Crippen LogP contribution in [-0.2, 0) is 4.57 Å². The normalized spacial score (nSPS) is 28.3. The number of anilines is 1. The van der Waals surface area contributed by atoms with Crippen molar-refractivity contribution in [1.29, 1.82) is 0 Å². The van der Waals surface area contributed by atoms with Crippen molar-refractivity contribution in [2.75, 3.05) is 18.4 Å². The third-order valence-corrected chi connectivity index (χ3v) is 7.86. The lowest BCUT2D eigenvalue weighted by Gasteiger charge is -2.31. The molecule has 2 aliphatic rings. The molecule has 2 heterocycles. The molecule has 3 nitrogen and oxygen atoms in total. The Labute approximate surface area is 125 Å². The van der Waals surface area contributed by atoms with Gasteiger partial charge in [-0.25, -0.2) is 4.67 Å². The fraction of sp³-hybridized carbons (Fsp3) is 0.294. The predicted octanol–water partition coefficient (Wildman–Crippen LogP) is 2.81. The lowest BCUT2D eigenvalue weighted by Crippen LogP contribution is -2.35. The molecule has 4 rings (SSSR count). The minimum atomic E-state index is -2.73. The van der Waals surface area contributed by atoms with Crippen LogP contribution in [0.4, 0.5) is 5.69 Å². The summed E-state index contributed by atoms with van der Waals surface area (Å²) in [5.41, 5.74) is 1.03. The van der Waals surface area contributed by atoms with Gasteiger partial charge in [0.15, 0.2) is 0 Å². The fourth-order valence-corrected chi connectivity index (χ4v) is 6.85. The summed E-state index contributed by atoms with van der Waals surface area (Å²) in [6.45, 7) is 1.81. The monoisotopic (exact) mass is 298 g/mol. The quantitative estimate of drug-likeness (QED) is 0.822. The summed E-state index contributed by atoms with van der Waals surface area (Å²) in [5.74, 6) is 0. The first-order chi connectivity index (χ1) is 10.3. The molecule has 0 spiro atoms. The maximum atomic E-state index is 14.2. The zero-order chi connectivity index (χ0) is 14.3. The van der Waals surface area contributed by atoms with E-state index in [1.165, 1.54) is 0 Å². The van der Waals surface area contributed by atoms with Gasteiger partial charge in [-0.2, -0.15) is 0 Å². The standard InChI is InChI=1S/C17H19N2OP/c20-21(15-8-2-1-3-9-15)17-11-5-4-10-16(17)18-13-14-7-6-12-19(14)21/h1-5,8-11,14,18H,6-7,12-13H2/t14-,21-/m0/s1. The molecule has 2 aromatic carbocycles. The van der Waals surface area contributed by atoms with Gasteiger partial charge in [-0.05, 0) is 37.1 Å². The zero-order valence-corrected chi connectivity index (χ0v) is 12.8. The molecule has 108 valence electrons. The average molecular weight is 298 g/mol. The Morgan fingerprint density at radius 2 is 1.81 bits per heavy atom. The number of benzene rings is 2. The lowest BCUT2D eigenvalue weighted by molar-refractivity contribution is 0.411. The van der Waals surface area contributed by atoms with E-state index in [0.29, 0.717) is 6.04 Å². The molecule has 0 radical (unpaired) electrons. The largest absolute Gasteiger partial charge is 0.383 e. The highest BCUT2D eigenvalue weighted by Gasteiger charge is 2.44. The average Bonchev–Trinajstić information content (AvgIpc) is 2.98. The molecule has 0 saturated carbocycles. The number of para-hydroxylation sites is 1. The summed E-state index contributed by atoms with van der Waals surface area (Å²) in [7, 11) is -2.73. The number of nitrogens with zero attached hydrogens (tertiary/aromatic N) is 1. The molecule has 2 aliphatic heterocycles. The van der Waals surface area contributed by atoms with E-state index in [-0.39, 0.29) is 0 Å². The second-order valence-corrected chi connectivity index (χ2v) is 8.43. The van der Waals surface area contributed by atoms with E-state index in [1.54, 1.807) is 0 Å². The summed E-state index contributed by atoms with van der Waals surface area (Å²) < 4.78 is 16.4. The number of rotatable bonds is 1. The van der Waals surface area contributed by atoms with Crippen molar-refractivity contribution >= 4 is 23.6 Å². The summed E-state index contributed by atoms with van der Waals surface area (Å²) in [4.78, 5) is 0. The van der Waals surface area contributed by atoms with Crippen LogP contribution in [0.2, 0.25) is 0 Å². The second-order valence-electron chi connectivity index (χ2n) is 5.77. The Morgan fingerprint density at radius 1 is 1.05 bits per heavy atom. The highest BCUT2D eigenvalue weighted by atomic mass is 31.2. The molecule has 0 amide bonds. The van der Waals surface area contributed by atoms with Gasteiger partial charge in [0, 0.05) is 30.1 Å². The fourth-order valence-electron chi connectivity index (χ4n) is 3.57. The van der Waals surface area contributed by atoms with Gasteiger partial charge in [0.2, 0.25) is 7.29 Å². The SMILES string of the molecule is O=[P@@]1(c2ccccc2)c2ccccc2NC[C@@H]2CCCN21. The third kappa shape index (κ3) is 1.96. The Balaban J connectivity index is 1.97. The molecule has 0 aromatic heterocycles. The van der Waals surface area contributed by atoms with E-state index in [0.717, 1.165) is 42.2 Å². The van der Waals surface area contributed by atoms with Crippen molar-refractivity contribution in [1.82, 2.24) is 4.67 Å². The molecular weight excluding hydrogens is 279 g/mol. The highest BCUT2D eigenvalue weighted by Crippen LogP contribution is 2.54. The number of nitrogens with one attached hydrogen (secondary N) is 1. The van der Waals surface area contributed by atoms with Crippen LogP contribution in [0.25, 0.3) is 0 Å². The van der Waals surface area contributed by atoms with Crippen molar-refractivity contribution in [2.24, 2.45) is 0 Å². The van der Waals surface area contributed by atoms with Crippen molar-refractivity contribution in [3.05, 3.63) is 54.6 Å². The van der Waals surface area contributed by atoms with E-state index >= 15 is 0 Å². The van der Waals surface area contributed by atoms with Crippen molar-refractivity contribution < 1.29 is 4.57 Å². The lowest BCUT2D eigenvalue weighted by atomic mass is 10.2. The summed E-state index contributed by atoms with van der Waals surface area (Å²) in [6.07, 6.45) is 2.25.